The van der Waals surface area contributed by atoms with E-state index in [-0.39, 0.29) is 68.7 Å². The van der Waals surface area contributed by atoms with Crippen molar-refractivity contribution >= 4 is 47.0 Å². The highest BCUT2D eigenvalue weighted by atomic mass is 35.5. The number of aromatic nitrogens is 2. The molecule has 15 nitrogen and oxygen atoms in total. The Morgan fingerprint density at radius 1 is 0.622 bits per heavy atom. The zero-order valence-corrected chi connectivity index (χ0v) is 49.5. The maximum atomic E-state index is 14.6. The SMILES string of the molecule is Cc1ccccc1-c1ccc(C(=O)NC2(C(=O)O)CCC(OC(=O)C3(NC(=O)c4ccc(-c5ccccc5C(C)C)c(-c5ccc(Cl)c(OCCCN(C)C)c5)n4)CCC(O)CC3)CC2)nc1-c1ccc(Cl)c(OCCCCN(C)C)c1. The third-order valence-corrected chi connectivity index (χ3v) is 16.2. The summed E-state index contributed by atoms with van der Waals surface area (Å²) in [5.41, 5.74) is 4.65. The number of nitrogens with zero attached hydrogens (tertiary/aromatic N) is 4. The van der Waals surface area contributed by atoms with Gasteiger partial charge in [-0.1, -0.05) is 97.7 Å². The summed E-state index contributed by atoms with van der Waals surface area (Å²) in [6.45, 7) is 8.89. The molecule has 0 spiro atoms. The molecule has 2 aliphatic carbocycles. The number of hydrogen-bond acceptors (Lipinski definition) is 12. The van der Waals surface area contributed by atoms with Gasteiger partial charge in [0.05, 0.1) is 40.8 Å². The number of carbonyl (C=O) groups is 4. The first-order valence-electron chi connectivity index (χ1n) is 28.4. The summed E-state index contributed by atoms with van der Waals surface area (Å²) in [5.74, 6) is -2.07. The van der Waals surface area contributed by atoms with Crippen LogP contribution in [0.25, 0.3) is 44.8 Å². The Hall–Kier alpha value is -6.88. The van der Waals surface area contributed by atoms with Crippen LogP contribution in [0.5, 0.6) is 11.5 Å². The third kappa shape index (κ3) is 14.8. The highest BCUT2D eigenvalue weighted by molar-refractivity contribution is 6.32. The van der Waals surface area contributed by atoms with Gasteiger partial charge in [-0.05, 0) is 189 Å². The van der Waals surface area contributed by atoms with Crippen molar-refractivity contribution < 1.29 is 43.6 Å². The number of pyridine rings is 2. The lowest BCUT2D eigenvalue weighted by Crippen LogP contribution is -2.59. The fraction of sp³-hybridized carbons (Fsp3) is 0.415. The molecule has 0 bridgehead atoms. The van der Waals surface area contributed by atoms with Crippen LogP contribution in [-0.4, -0.2) is 132 Å². The Bertz CT molecular complexity index is 3240. The van der Waals surface area contributed by atoms with Gasteiger partial charge in [-0.25, -0.2) is 19.6 Å². The lowest BCUT2D eigenvalue weighted by Gasteiger charge is -2.40. The van der Waals surface area contributed by atoms with Crippen LogP contribution >= 0.6 is 23.2 Å². The zero-order valence-electron chi connectivity index (χ0n) is 48.0. The van der Waals surface area contributed by atoms with Gasteiger partial charge < -0.3 is 44.9 Å². The number of esters is 1. The topological polar surface area (TPSA) is 193 Å². The van der Waals surface area contributed by atoms with E-state index in [1.165, 1.54) is 0 Å². The van der Waals surface area contributed by atoms with E-state index >= 15 is 0 Å². The molecule has 2 heterocycles. The molecule has 0 unspecified atom stereocenters. The van der Waals surface area contributed by atoms with Gasteiger partial charge in [-0.3, -0.25) is 9.59 Å². The van der Waals surface area contributed by atoms with E-state index in [4.69, 9.17) is 47.4 Å². The minimum atomic E-state index is -1.71. The Morgan fingerprint density at radius 3 is 1.65 bits per heavy atom. The van der Waals surface area contributed by atoms with E-state index < -0.39 is 47.0 Å². The zero-order chi connectivity index (χ0) is 58.7. The van der Waals surface area contributed by atoms with E-state index in [1.807, 2.05) is 114 Å². The van der Waals surface area contributed by atoms with Gasteiger partial charge in [0.2, 0.25) is 0 Å². The summed E-state index contributed by atoms with van der Waals surface area (Å²) in [6, 6.07) is 33.6. The number of aliphatic carboxylic acids is 1. The lowest BCUT2D eigenvalue weighted by molar-refractivity contribution is -0.162. The van der Waals surface area contributed by atoms with Gasteiger partial charge in [0.1, 0.15) is 40.1 Å². The normalized spacial score (nSPS) is 19.0. The van der Waals surface area contributed by atoms with Crippen molar-refractivity contribution in [2.75, 3.05) is 54.5 Å². The molecular formula is C65H76Cl2N6O9. The summed E-state index contributed by atoms with van der Waals surface area (Å²) in [5, 5.41) is 28.2. The number of unbranched alkanes of at least 4 members (excludes halogenated alkanes) is 1. The maximum Gasteiger partial charge on any atom is 0.332 e. The van der Waals surface area contributed by atoms with Crippen molar-refractivity contribution in [3.05, 3.63) is 142 Å². The number of hydrogen-bond donors (Lipinski definition) is 4. The maximum absolute atomic E-state index is 14.6. The minimum absolute atomic E-state index is 0.00880. The molecule has 2 saturated carbocycles. The lowest BCUT2D eigenvalue weighted by atomic mass is 9.78. The molecule has 2 aromatic heterocycles. The highest BCUT2D eigenvalue weighted by Crippen LogP contribution is 2.41. The molecule has 2 fully saturated rings. The summed E-state index contributed by atoms with van der Waals surface area (Å²) >= 11 is 13.3. The van der Waals surface area contributed by atoms with Crippen LogP contribution in [0.4, 0.5) is 0 Å². The van der Waals surface area contributed by atoms with Crippen LogP contribution in [0.3, 0.4) is 0 Å². The summed E-state index contributed by atoms with van der Waals surface area (Å²) in [7, 11) is 8.05. The van der Waals surface area contributed by atoms with Gasteiger partial charge in [-0.2, -0.15) is 0 Å². The fourth-order valence-electron chi connectivity index (χ4n) is 10.9. The molecule has 2 amide bonds. The molecule has 8 rings (SSSR count). The Balaban J connectivity index is 1.01. The summed E-state index contributed by atoms with van der Waals surface area (Å²) < 4.78 is 18.5. The molecule has 0 radical (unpaired) electrons. The number of amides is 2. The van der Waals surface area contributed by atoms with Crippen LogP contribution < -0.4 is 20.1 Å². The third-order valence-electron chi connectivity index (χ3n) is 15.6. The number of carboxylic acids is 1. The van der Waals surface area contributed by atoms with Crippen LogP contribution in [0.15, 0.2) is 109 Å². The van der Waals surface area contributed by atoms with E-state index in [9.17, 15) is 29.4 Å². The molecule has 4 N–H and O–H groups in total. The van der Waals surface area contributed by atoms with Gasteiger partial charge in [0.25, 0.3) is 11.8 Å². The predicted molar refractivity (Wildman–Crippen MR) is 322 cm³/mol. The first kappa shape index (κ1) is 61.2. The number of aryl methyl sites for hydroxylation is 1. The van der Waals surface area contributed by atoms with Crippen molar-refractivity contribution in [2.45, 2.75) is 121 Å². The van der Waals surface area contributed by atoms with Gasteiger partial charge in [0.15, 0.2) is 0 Å². The predicted octanol–water partition coefficient (Wildman–Crippen LogP) is 12.1. The molecule has 6 aromatic rings. The second-order valence-corrected chi connectivity index (χ2v) is 23.4. The van der Waals surface area contributed by atoms with Crippen LogP contribution in [0, 0.1) is 6.92 Å². The second-order valence-electron chi connectivity index (χ2n) is 22.6. The van der Waals surface area contributed by atoms with Gasteiger partial charge in [-0.15, -0.1) is 0 Å². The standard InChI is InChI=1S/C65H76Cl2N6O9/c1-41(2)47-16-10-11-18-49(47)51-22-26-55(69-59(51)44-20-24-53(67)57(40-44)81-38-14-36-73(6)7)61(76)71-65(31-27-45(74)28-32-65)63(79)82-46-29-33-64(34-30-46,62(77)78)70-60(75)54-25-21-50(48-17-9-8-15-42(48)3)58(68-54)43-19-23-52(66)56(39-43)80-37-13-12-35-72(4)5/h8-11,15-26,39-41,45-46,74H,12-14,27-38H2,1-7H3,(H,70,75)(H,71,76)(H,77,78). The van der Waals surface area contributed by atoms with Crippen molar-refractivity contribution in [2.24, 2.45) is 0 Å². The number of aliphatic hydroxyl groups is 1. The van der Waals surface area contributed by atoms with Crippen LogP contribution in [-0.2, 0) is 14.3 Å². The minimum Gasteiger partial charge on any atom is -0.492 e. The number of aliphatic hydroxyl groups excluding tert-OH is 1. The molecular weight excluding hydrogens is 1080 g/mol. The van der Waals surface area contributed by atoms with E-state index in [1.54, 1.807) is 24.3 Å². The second kappa shape index (κ2) is 27.5. The monoisotopic (exact) mass is 1150 g/mol. The average molecular weight is 1160 g/mol. The van der Waals surface area contributed by atoms with Crippen LogP contribution in [0.2, 0.25) is 10.0 Å². The van der Waals surface area contributed by atoms with Crippen molar-refractivity contribution in [3.63, 3.8) is 0 Å². The average Bonchev–Trinajstić information content (AvgIpc) is 3.66. The van der Waals surface area contributed by atoms with Crippen molar-refractivity contribution in [3.8, 4) is 56.3 Å². The number of carbonyl (C=O) groups excluding carboxylic acids is 3. The number of ether oxygens (including phenoxy) is 3. The smallest absolute Gasteiger partial charge is 0.332 e. The van der Waals surface area contributed by atoms with E-state index in [0.717, 1.165) is 65.7 Å². The fourth-order valence-corrected chi connectivity index (χ4v) is 11.2. The molecule has 0 saturated heterocycles. The largest absolute Gasteiger partial charge is 0.492 e. The molecule has 82 heavy (non-hydrogen) atoms. The number of rotatable bonds is 23. The van der Waals surface area contributed by atoms with Gasteiger partial charge >= 0.3 is 11.9 Å². The summed E-state index contributed by atoms with van der Waals surface area (Å²) in [4.78, 5) is 71.0. The number of carboxylic acid groups (broad SMARTS) is 1. The molecule has 2 aliphatic rings. The molecule has 17 heteroatoms. The van der Waals surface area contributed by atoms with E-state index in [0.29, 0.717) is 57.3 Å². The number of nitrogens with one attached hydrogen (secondary N) is 2. The van der Waals surface area contributed by atoms with E-state index in [2.05, 4.69) is 40.3 Å². The Kier molecular flexibility index (Phi) is 20.5. The Labute approximate surface area is 491 Å². The molecule has 434 valence electrons. The number of benzene rings is 4. The van der Waals surface area contributed by atoms with Gasteiger partial charge in [0, 0.05) is 28.8 Å². The molecule has 0 atom stereocenters. The molecule has 0 aliphatic heterocycles. The Morgan fingerprint density at radius 2 is 1.11 bits per heavy atom. The van der Waals surface area contributed by atoms with Crippen molar-refractivity contribution in [1.29, 1.82) is 0 Å². The quantitative estimate of drug-likeness (QED) is 0.0350. The van der Waals surface area contributed by atoms with Crippen LogP contribution in [0.1, 0.15) is 122 Å². The highest BCUT2D eigenvalue weighted by Gasteiger charge is 2.48. The molecule has 4 aromatic carbocycles. The number of halogens is 2. The summed E-state index contributed by atoms with van der Waals surface area (Å²) in [6.07, 6.45) is 1.87. The van der Waals surface area contributed by atoms with Crippen molar-refractivity contribution in [1.82, 2.24) is 30.4 Å². The first-order valence-corrected chi connectivity index (χ1v) is 29.1. The first-order chi connectivity index (χ1) is 39.3.